The fraction of sp³-hybridized carbons (Fsp3) is 0.577. The van der Waals surface area contributed by atoms with Gasteiger partial charge in [-0.05, 0) is 73.7 Å². The van der Waals surface area contributed by atoms with E-state index in [1.807, 2.05) is 5.38 Å². The van der Waals surface area contributed by atoms with Gasteiger partial charge in [-0.1, -0.05) is 38.1 Å². The number of benzene rings is 1. The van der Waals surface area contributed by atoms with Crippen molar-refractivity contribution in [3.63, 3.8) is 0 Å². The first kappa shape index (κ1) is 22.5. The summed E-state index contributed by atoms with van der Waals surface area (Å²) in [7, 11) is 0. The highest BCUT2D eigenvalue weighted by atomic mass is 32.1. The van der Waals surface area contributed by atoms with E-state index in [2.05, 4.69) is 54.0 Å². The number of carbonyl (C=O) groups excluding carboxylic acids is 1. The number of amides is 1. The van der Waals surface area contributed by atoms with Crippen LogP contribution in [0.15, 0.2) is 35.7 Å². The molecule has 168 valence electrons. The van der Waals surface area contributed by atoms with Gasteiger partial charge >= 0.3 is 0 Å². The average Bonchev–Trinajstić information content (AvgIpc) is 3.26. The Bertz CT molecular complexity index is 883. The Labute approximate surface area is 190 Å². The van der Waals surface area contributed by atoms with Crippen LogP contribution < -0.4 is 0 Å². The van der Waals surface area contributed by atoms with Crippen molar-refractivity contribution in [2.24, 2.45) is 5.41 Å². The molecule has 0 radical (unpaired) electrons. The van der Waals surface area contributed by atoms with Gasteiger partial charge in [-0.25, -0.2) is 0 Å². The second-order valence-corrected chi connectivity index (χ2v) is 10.7. The summed E-state index contributed by atoms with van der Waals surface area (Å²) in [6.07, 6.45) is 5.44. The van der Waals surface area contributed by atoms with Crippen LogP contribution in [-0.4, -0.2) is 53.6 Å². The van der Waals surface area contributed by atoms with Crippen molar-refractivity contribution in [2.45, 2.75) is 58.4 Å². The van der Waals surface area contributed by atoms with E-state index in [-0.39, 0.29) is 12.5 Å². The van der Waals surface area contributed by atoms with Crippen LogP contribution in [0, 0.1) is 5.41 Å². The molecule has 5 heteroatoms. The Hall–Kier alpha value is -1.69. The number of hydrogen-bond donors (Lipinski definition) is 1. The normalized spacial score (nSPS) is 19.3. The first-order valence-electron chi connectivity index (χ1n) is 11.8. The molecular weight excluding hydrogens is 404 g/mol. The molecule has 2 saturated heterocycles. The van der Waals surface area contributed by atoms with E-state index in [9.17, 15) is 9.90 Å². The minimum absolute atomic E-state index is 0.203. The molecule has 0 aliphatic carbocycles. The largest absolute Gasteiger partial charge is 0.396 e. The zero-order valence-electron chi connectivity index (χ0n) is 19.0. The van der Waals surface area contributed by atoms with Gasteiger partial charge in [-0.3, -0.25) is 9.69 Å². The molecule has 4 nitrogen and oxygen atoms in total. The second kappa shape index (κ2) is 9.85. The number of nitrogens with zero attached hydrogens (tertiary/aromatic N) is 2. The van der Waals surface area contributed by atoms with Crippen molar-refractivity contribution in [3.05, 3.63) is 57.3 Å². The van der Waals surface area contributed by atoms with Gasteiger partial charge in [0.1, 0.15) is 0 Å². The van der Waals surface area contributed by atoms with Crippen LogP contribution in [0.2, 0.25) is 0 Å². The summed E-state index contributed by atoms with van der Waals surface area (Å²) in [5, 5.41) is 11.2. The summed E-state index contributed by atoms with van der Waals surface area (Å²) in [4.78, 5) is 19.1. The quantitative estimate of drug-likeness (QED) is 0.693. The molecule has 0 bridgehead atoms. The summed E-state index contributed by atoms with van der Waals surface area (Å²) in [6.45, 7) is 9.57. The van der Waals surface area contributed by atoms with Crippen molar-refractivity contribution < 1.29 is 9.90 Å². The lowest BCUT2D eigenvalue weighted by atomic mass is 9.72. The maximum absolute atomic E-state index is 13.2. The maximum Gasteiger partial charge on any atom is 0.254 e. The number of carbonyl (C=O) groups is 1. The summed E-state index contributed by atoms with van der Waals surface area (Å²) in [5.41, 5.74) is 3.72. The van der Waals surface area contributed by atoms with E-state index in [1.54, 1.807) is 11.3 Å². The molecule has 3 heterocycles. The zero-order chi connectivity index (χ0) is 21.8. The van der Waals surface area contributed by atoms with Crippen LogP contribution in [0.25, 0.3) is 0 Å². The number of aliphatic hydroxyl groups excluding tert-OH is 1. The lowest BCUT2D eigenvalue weighted by molar-refractivity contribution is 0.0198. The molecule has 1 spiro atoms. The third-order valence-electron chi connectivity index (χ3n) is 7.10. The van der Waals surface area contributed by atoms with E-state index in [4.69, 9.17) is 0 Å². The van der Waals surface area contributed by atoms with Gasteiger partial charge in [0.25, 0.3) is 5.91 Å². The predicted octanol–water partition coefficient (Wildman–Crippen LogP) is 4.92. The Morgan fingerprint density at radius 1 is 1.13 bits per heavy atom. The summed E-state index contributed by atoms with van der Waals surface area (Å²) >= 11 is 1.71. The van der Waals surface area contributed by atoms with Crippen LogP contribution in [0.5, 0.6) is 0 Å². The molecule has 1 aromatic heterocycles. The smallest absolute Gasteiger partial charge is 0.254 e. The highest BCUT2D eigenvalue weighted by molar-refractivity contribution is 7.10. The number of hydrogen-bond acceptors (Lipinski definition) is 4. The summed E-state index contributed by atoms with van der Waals surface area (Å²) in [6, 6.07) is 10.7. The Kier molecular flexibility index (Phi) is 7.15. The zero-order valence-corrected chi connectivity index (χ0v) is 19.8. The van der Waals surface area contributed by atoms with Crippen molar-refractivity contribution >= 4 is 17.2 Å². The van der Waals surface area contributed by atoms with Crippen LogP contribution in [0.4, 0.5) is 0 Å². The molecule has 1 N–H and O–H groups in total. The molecule has 0 saturated carbocycles. The third kappa shape index (κ3) is 5.39. The van der Waals surface area contributed by atoms with Gasteiger partial charge in [0.15, 0.2) is 0 Å². The first-order valence-corrected chi connectivity index (χ1v) is 12.6. The molecular formula is C26H36N2O2S. The Morgan fingerprint density at radius 3 is 2.61 bits per heavy atom. The average molecular weight is 441 g/mol. The van der Waals surface area contributed by atoms with Gasteiger partial charge < -0.3 is 10.0 Å². The number of thiophene rings is 1. The summed E-state index contributed by atoms with van der Waals surface area (Å²) < 4.78 is 0. The van der Waals surface area contributed by atoms with Crippen LogP contribution >= 0.6 is 11.3 Å². The van der Waals surface area contributed by atoms with E-state index in [0.717, 1.165) is 51.1 Å². The molecule has 1 amide bonds. The van der Waals surface area contributed by atoms with E-state index < -0.39 is 0 Å². The van der Waals surface area contributed by atoms with Crippen molar-refractivity contribution in [2.75, 3.05) is 32.8 Å². The fourth-order valence-corrected chi connectivity index (χ4v) is 6.10. The predicted molar refractivity (Wildman–Crippen MR) is 128 cm³/mol. The molecule has 0 unspecified atom stereocenters. The van der Waals surface area contributed by atoms with E-state index in [0.29, 0.717) is 11.3 Å². The molecule has 1 aromatic carbocycles. The van der Waals surface area contributed by atoms with Crippen LogP contribution in [0.3, 0.4) is 0 Å². The molecule has 31 heavy (non-hydrogen) atoms. The minimum atomic E-state index is 0.203. The first-order chi connectivity index (χ1) is 15.0. The number of piperidine rings is 2. The highest BCUT2D eigenvalue weighted by Gasteiger charge is 2.39. The second-order valence-electron chi connectivity index (χ2n) is 9.79. The van der Waals surface area contributed by atoms with Gasteiger partial charge in [-0.15, -0.1) is 11.3 Å². The van der Waals surface area contributed by atoms with Crippen molar-refractivity contribution in [3.8, 4) is 0 Å². The molecule has 2 aliphatic rings. The molecule has 2 fully saturated rings. The molecule has 2 aromatic rings. The SMILES string of the molecule is CC(C)c1cc(C(=O)N2CCCC3(CCN(Cc4cccc(CCO)c4)CC3)C2)cs1. The van der Waals surface area contributed by atoms with Crippen molar-refractivity contribution in [1.29, 1.82) is 0 Å². The Morgan fingerprint density at radius 2 is 1.90 bits per heavy atom. The third-order valence-corrected chi connectivity index (χ3v) is 8.33. The van der Waals surface area contributed by atoms with E-state index >= 15 is 0 Å². The standard InChI is InChI=1S/C26H36N2O2S/c1-20(2)24-16-23(18-31-24)25(30)28-11-4-8-26(19-28)9-12-27(13-10-26)17-22-6-3-5-21(15-22)7-14-29/h3,5-6,15-16,18,20,29H,4,7-14,17,19H2,1-2H3. The fourth-order valence-electron chi connectivity index (χ4n) is 5.20. The van der Waals surface area contributed by atoms with Crippen molar-refractivity contribution in [1.82, 2.24) is 9.80 Å². The van der Waals surface area contributed by atoms with Crippen LogP contribution in [-0.2, 0) is 13.0 Å². The van der Waals surface area contributed by atoms with Crippen LogP contribution in [0.1, 0.15) is 71.8 Å². The monoisotopic (exact) mass is 440 g/mol. The number of aliphatic hydroxyl groups is 1. The highest BCUT2D eigenvalue weighted by Crippen LogP contribution is 2.40. The lowest BCUT2D eigenvalue weighted by Gasteiger charge is -2.47. The minimum Gasteiger partial charge on any atom is -0.396 e. The number of likely N-dealkylation sites (tertiary alicyclic amines) is 2. The van der Waals surface area contributed by atoms with Gasteiger partial charge in [0.05, 0.1) is 5.56 Å². The lowest BCUT2D eigenvalue weighted by Crippen LogP contribution is -2.50. The number of rotatable bonds is 6. The van der Waals surface area contributed by atoms with Gasteiger partial charge in [-0.2, -0.15) is 0 Å². The summed E-state index contributed by atoms with van der Waals surface area (Å²) in [5.74, 6) is 0.707. The Balaban J connectivity index is 1.34. The molecule has 2 aliphatic heterocycles. The maximum atomic E-state index is 13.2. The van der Waals surface area contributed by atoms with Gasteiger partial charge in [0, 0.05) is 36.5 Å². The molecule has 0 atom stereocenters. The topological polar surface area (TPSA) is 43.8 Å². The van der Waals surface area contributed by atoms with Gasteiger partial charge in [0.2, 0.25) is 0 Å². The van der Waals surface area contributed by atoms with E-state index in [1.165, 1.54) is 35.3 Å². The molecule has 4 rings (SSSR count).